The monoisotopic (exact) mass is 331 g/mol. The molecule has 1 fully saturated rings. The maximum Gasteiger partial charge on any atom is 0.243 e. The predicted octanol–water partition coefficient (Wildman–Crippen LogP) is 3.01. The van der Waals surface area contributed by atoms with Crippen molar-refractivity contribution < 1.29 is 8.42 Å². The van der Waals surface area contributed by atoms with E-state index in [1.165, 1.54) is 0 Å². The average molecular weight is 332 g/mol. The van der Waals surface area contributed by atoms with Gasteiger partial charge in [0.05, 0.1) is 4.90 Å². The van der Waals surface area contributed by atoms with Crippen molar-refractivity contribution in [3.8, 4) is 0 Å². The van der Waals surface area contributed by atoms with Gasteiger partial charge < -0.3 is 0 Å². The molecule has 0 amide bonds. The maximum atomic E-state index is 12.6. The van der Waals surface area contributed by atoms with E-state index in [1.807, 2.05) is 6.07 Å². The van der Waals surface area contributed by atoms with Crippen LogP contribution < -0.4 is 0 Å². The molecule has 0 N–H and O–H groups in total. The van der Waals surface area contributed by atoms with Gasteiger partial charge in [0.25, 0.3) is 0 Å². The average Bonchev–Trinajstić information content (AvgIpc) is 2.90. The minimum Gasteiger partial charge on any atom is -0.207 e. The van der Waals surface area contributed by atoms with Crippen LogP contribution in [0.3, 0.4) is 0 Å². The fourth-order valence-electron chi connectivity index (χ4n) is 2.50. The Hall–Kier alpha value is -0.390. The summed E-state index contributed by atoms with van der Waals surface area (Å²) < 4.78 is 26.9. The summed E-state index contributed by atoms with van der Waals surface area (Å²) in [5.41, 5.74) is 0. The van der Waals surface area contributed by atoms with Gasteiger partial charge >= 0.3 is 0 Å². The molecule has 5 heteroatoms. The minimum atomic E-state index is -3.34. The second-order valence-corrected chi connectivity index (χ2v) is 7.24. The first-order chi connectivity index (χ1) is 8.66. The van der Waals surface area contributed by atoms with E-state index in [9.17, 15) is 8.42 Å². The maximum absolute atomic E-state index is 12.6. The SMILES string of the molecule is O=S(=O)(c1ccccc1)N(CCBr)C1CCCC1. The Labute approximate surface area is 117 Å². The summed E-state index contributed by atoms with van der Waals surface area (Å²) in [5, 5.41) is 0.676. The number of rotatable bonds is 5. The van der Waals surface area contributed by atoms with E-state index in [4.69, 9.17) is 0 Å². The number of alkyl halides is 1. The van der Waals surface area contributed by atoms with E-state index in [1.54, 1.807) is 28.6 Å². The Bertz CT molecular complexity index is 469. The van der Waals surface area contributed by atoms with Crippen LogP contribution in [0.4, 0.5) is 0 Å². The third-order valence-electron chi connectivity index (χ3n) is 3.39. The Morgan fingerprint density at radius 1 is 1.17 bits per heavy atom. The topological polar surface area (TPSA) is 37.4 Å². The largest absolute Gasteiger partial charge is 0.243 e. The van der Waals surface area contributed by atoms with Crippen molar-refractivity contribution in [2.24, 2.45) is 0 Å². The third-order valence-corrected chi connectivity index (χ3v) is 5.71. The molecule has 1 saturated carbocycles. The van der Waals surface area contributed by atoms with Crippen LogP contribution in [-0.2, 0) is 10.0 Å². The standard InChI is InChI=1S/C13H18BrNO2S/c14-10-11-15(12-6-4-5-7-12)18(16,17)13-8-2-1-3-9-13/h1-3,8-9,12H,4-7,10-11H2. The lowest BCUT2D eigenvalue weighted by Crippen LogP contribution is -2.40. The van der Waals surface area contributed by atoms with Crippen LogP contribution in [0.25, 0.3) is 0 Å². The molecule has 18 heavy (non-hydrogen) atoms. The zero-order chi connectivity index (χ0) is 13.0. The van der Waals surface area contributed by atoms with Crippen molar-refractivity contribution in [3.63, 3.8) is 0 Å². The van der Waals surface area contributed by atoms with Crippen LogP contribution in [0.15, 0.2) is 35.2 Å². The molecule has 1 aliphatic carbocycles. The van der Waals surface area contributed by atoms with Gasteiger partial charge in [0, 0.05) is 17.9 Å². The molecule has 0 unspecified atom stereocenters. The second kappa shape index (κ2) is 6.17. The molecule has 1 aromatic rings. The van der Waals surface area contributed by atoms with Crippen LogP contribution >= 0.6 is 15.9 Å². The second-order valence-electron chi connectivity index (χ2n) is 4.56. The van der Waals surface area contributed by atoms with Gasteiger partial charge in [0.1, 0.15) is 0 Å². The van der Waals surface area contributed by atoms with Gasteiger partial charge in [-0.3, -0.25) is 0 Å². The van der Waals surface area contributed by atoms with Crippen LogP contribution in [0.1, 0.15) is 25.7 Å². The highest BCUT2D eigenvalue weighted by molar-refractivity contribution is 9.09. The number of hydrogen-bond donors (Lipinski definition) is 0. The van der Waals surface area contributed by atoms with E-state index in [0.29, 0.717) is 16.8 Å². The Kier molecular flexibility index (Phi) is 4.81. The Morgan fingerprint density at radius 2 is 1.78 bits per heavy atom. The molecule has 0 aromatic heterocycles. The molecule has 3 nitrogen and oxygen atoms in total. The Morgan fingerprint density at radius 3 is 2.33 bits per heavy atom. The molecular weight excluding hydrogens is 314 g/mol. The van der Waals surface area contributed by atoms with Crippen molar-refractivity contribution in [2.75, 3.05) is 11.9 Å². The van der Waals surface area contributed by atoms with E-state index < -0.39 is 10.0 Å². The number of nitrogens with zero attached hydrogens (tertiary/aromatic N) is 1. The zero-order valence-corrected chi connectivity index (χ0v) is 12.7. The molecule has 0 saturated heterocycles. The van der Waals surface area contributed by atoms with Crippen molar-refractivity contribution >= 4 is 26.0 Å². The molecule has 0 spiro atoms. The highest BCUT2D eigenvalue weighted by Crippen LogP contribution is 2.28. The smallest absolute Gasteiger partial charge is 0.207 e. The van der Waals surface area contributed by atoms with Crippen LogP contribution in [0.2, 0.25) is 0 Å². The first-order valence-electron chi connectivity index (χ1n) is 6.29. The fraction of sp³-hybridized carbons (Fsp3) is 0.538. The predicted molar refractivity (Wildman–Crippen MR) is 76.4 cm³/mol. The number of hydrogen-bond acceptors (Lipinski definition) is 2. The lowest BCUT2D eigenvalue weighted by atomic mass is 10.2. The summed E-state index contributed by atoms with van der Waals surface area (Å²) in [4.78, 5) is 0.401. The van der Waals surface area contributed by atoms with Gasteiger partial charge in [0.15, 0.2) is 0 Å². The number of halogens is 1. The quantitative estimate of drug-likeness (QED) is 0.778. The summed E-state index contributed by atoms with van der Waals surface area (Å²) in [6.07, 6.45) is 4.24. The molecule has 0 atom stereocenters. The molecule has 0 heterocycles. The van der Waals surface area contributed by atoms with E-state index in [-0.39, 0.29) is 6.04 Å². The van der Waals surface area contributed by atoms with Crippen LogP contribution in [0.5, 0.6) is 0 Å². The summed E-state index contributed by atoms with van der Waals surface area (Å²) in [5.74, 6) is 0. The Balaban J connectivity index is 2.29. The highest BCUT2D eigenvalue weighted by atomic mass is 79.9. The lowest BCUT2D eigenvalue weighted by Gasteiger charge is -2.27. The molecule has 2 rings (SSSR count). The lowest BCUT2D eigenvalue weighted by molar-refractivity contribution is 0.338. The van der Waals surface area contributed by atoms with E-state index in [0.717, 1.165) is 25.7 Å². The summed E-state index contributed by atoms with van der Waals surface area (Å²) in [7, 11) is -3.34. The number of sulfonamides is 1. The van der Waals surface area contributed by atoms with Gasteiger partial charge in [-0.05, 0) is 25.0 Å². The third kappa shape index (κ3) is 2.95. The summed E-state index contributed by atoms with van der Waals surface area (Å²) in [6.45, 7) is 0.544. The molecule has 0 aliphatic heterocycles. The van der Waals surface area contributed by atoms with E-state index in [2.05, 4.69) is 15.9 Å². The van der Waals surface area contributed by atoms with Crippen molar-refractivity contribution in [2.45, 2.75) is 36.6 Å². The summed E-state index contributed by atoms with van der Waals surface area (Å²) in [6, 6.07) is 8.90. The van der Waals surface area contributed by atoms with Crippen LogP contribution in [-0.4, -0.2) is 30.6 Å². The molecule has 0 bridgehead atoms. The first-order valence-corrected chi connectivity index (χ1v) is 8.85. The van der Waals surface area contributed by atoms with Crippen molar-refractivity contribution in [1.82, 2.24) is 4.31 Å². The van der Waals surface area contributed by atoms with Gasteiger partial charge in [-0.25, -0.2) is 8.42 Å². The van der Waals surface area contributed by atoms with Gasteiger partial charge in [0.2, 0.25) is 10.0 Å². The number of benzene rings is 1. The van der Waals surface area contributed by atoms with Gasteiger partial charge in [-0.2, -0.15) is 4.31 Å². The molecular formula is C13H18BrNO2S. The fourth-order valence-corrected chi connectivity index (χ4v) is 4.83. The molecule has 1 aliphatic rings. The molecule has 1 aromatic carbocycles. The van der Waals surface area contributed by atoms with Crippen LogP contribution in [0, 0.1) is 0 Å². The molecule has 0 radical (unpaired) electrons. The highest BCUT2D eigenvalue weighted by Gasteiger charge is 2.32. The van der Waals surface area contributed by atoms with Gasteiger partial charge in [-0.1, -0.05) is 47.0 Å². The minimum absolute atomic E-state index is 0.174. The van der Waals surface area contributed by atoms with E-state index >= 15 is 0 Å². The van der Waals surface area contributed by atoms with Gasteiger partial charge in [-0.15, -0.1) is 0 Å². The normalized spacial score (nSPS) is 17.4. The first kappa shape index (κ1) is 14.0. The zero-order valence-electron chi connectivity index (χ0n) is 10.3. The summed E-state index contributed by atoms with van der Waals surface area (Å²) >= 11 is 3.36. The van der Waals surface area contributed by atoms with Crippen molar-refractivity contribution in [3.05, 3.63) is 30.3 Å². The molecule has 100 valence electrons. The van der Waals surface area contributed by atoms with Crippen molar-refractivity contribution in [1.29, 1.82) is 0 Å².